The number of aromatic nitrogens is 4. The van der Waals surface area contributed by atoms with Gasteiger partial charge in [-0.15, -0.1) is 10.2 Å². The molecule has 0 spiro atoms. The molecule has 1 atom stereocenters. The van der Waals surface area contributed by atoms with Crippen LogP contribution in [0, 0.1) is 6.92 Å². The molecule has 14 nitrogen and oxygen atoms in total. The second-order valence-electron chi connectivity index (χ2n) is 10.9. The first kappa shape index (κ1) is 41.7. The molecular weight excluding hydrogens is 674 g/mol. The third kappa shape index (κ3) is 13.8. The van der Waals surface area contributed by atoms with E-state index in [2.05, 4.69) is 30.8 Å². The number of aliphatic carboxylic acids is 2. The van der Waals surface area contributed by atoms with Crippen molar-refractivity contribution in [3.8, 4) is 5.75 Å². The summed E-state index contributed by atoms with van der Waals surface area (Å²) in [5.41, 5.74) is 2.05. The lowest BCUT2D eigenvalue weighted by molar-refractivity contribution is -0.193. The summed E-state index contributed by atoms with van der Waals surface area (Å²) in [6.07, 6.45) is -9.70. The van der Waals surface area contributed by atoms with Crippen molar-refractivity contribution in [1.82, 2.24) is 25.5 Å². The van der Waals surface area contributed by atoms with Crippen LogP contribution in [0.25, 0.3) is 0 Å². The number of anilines is 1. The summed E-state index contributed by atoms with van der Waals surface area (Å²) >= 11 is 0. The highest BCUT2D eigenvalue weighted by Crippen LogP contribution is 2.25. The van der Waals surface area contributed by atoms with Gasteiger partial charge in [-0.3, -0.25) is 4.79 Å². The summed E-state index contributed by atoms with van der Waals surface area (Å²) < 4.78 is 74.3. The second kappa shape index (κ2) is 17.2. The maximum Gasteiger partial charge on any atom is 0.490 e. The van der Waals surface area contributed by atoms with Gasteiger partial charge in [-0.2, -0.15) is 26.3 Å². The van der Waals surface area contributed by atoms with Gasteiger partial charge < -0.3 is 40.3 Å². The number of methoxy groups -OCH3 is 1. The van der Waals surface area contributed by atoms with Crippen molar-refractivity contribution in [3.63, 3.8) is 0 Å². The molecule has 3 rings (SSSR count). The summed E-state index contributed by atoms with van der Waals surface area (Å²) in [6.45, 7) is 11.2. The van der Waals surface area contributed by atoms with Gasteiger partial charge in [0, 0.05) is 11.4 Å². The Hall–Kier alpha value is -5.30. The van der Waals surface area contributed by atoms with Crippen LogP contribution >= 0.6 is 0 Å². The predicted octanol–water partition coefficient (Wildman–Crippen LogP) is 5.34. The zero-order valence-electron chi connectivity index (χ0n) is 27.3. The quantitative estimate of drug-likeness (QED) is 0.123. The minimum atomic E-state index is -5.08. The molecule has 1 amide bonds. The van der Waals surface area contributed by atoms with Gasteiger partial charge >= 0.3 is 30.3 Å². The summed E-state index contributed by atoms with van der Waals surface area (Å²) in [6, 6.07) is 7.04. The van der Waals surface area contributed by atoms with Crippen LogP contribution in [0.2, 0.25) is 0 Å². The molecule has 272 valence electrons. The molecular formula is C29H36F6N6O8. The molecule has 0 aliphatic heterocycles. The van der Waals surface area contributed by atoms with Crippen molar-refractivity contribution in [1.29, 1.82) is 0 Å². The van der Waals surface area contributed by atoms with Crippen LogP contribution in [0.4, 0.5) is 32.0 Å². The van der Waals surface area contributed by atoms with Crippen LogP contribution in [0.5, 0.6) is 5.75 Å². The fraction of sp³-hybridized carbons (Fsp3) is 0.448. The first-order chi connectivity index (χ1) is 22.4. The second-order valence-corrected chi connectivity index (χ2v) is 10.9. The topological polar surface area (TPSA) is 209 Å². The van der Waals surface area contributed by atoms with Crippen LogP contribution in [0.3, 0.4) is 0 Å². The molecule has 0 bridgehead atoms. The minimum Gasteiger partial charge on any atom is -0.497 e. The number of carbonyl (C=O) groups excluding carboxylic acids is 2. The monoisotopic (exact) mass is 710 g/mol. The third-order valence-electron chi connectivity index (χ3n) is 5.78. The first-order valence-corrected chi connectivity index (χ1v) is 14.1. The Labute approximate surface area is 275 Å². The van der Waals surface area contributed by atoms with Crippen molar-refractivity contribution >= 4 is 29.5 Å². The van der Waals surface area contributed by atoms with Crippen molar-refractivity contribution in [2.24, 2.45) is 0 Å². The highest BCUT2D eigenvalue weighted by Gasteiger charge is 2.39. The van der Waals surface area contributed by atoms with Gasteiger partial charge in [-0.25, -0.2) is 14.4 Å². The van der Waals surface area contributed by atoms with E-state index < -0.39 is 41.9 Å². The highest BCUT2D eigenvalue weighted by atomic mass is 19.4. The summed E-state index contributed by atoms with van der Waals surface area (Å²) in [7, 11) is 1.61. The first-order valence-electron chi connectivity index (χ1n) is 14.1. The lowest BCUT2D eigenvalue weighted by atomic mass is 10.0. The molecule has 0 aliphatic rings. The van der Waals surface area contributed by atoms with Gasteiger partial charge in [0.25, 0.3) is 5.91 Å². The average molecular weight is 711 g/mol. The van der Waals surface area contributed by atoms with E-state index in [9.17, 15) is 35.9 Å². The van der Waals surface area contributed by atoms with Crippen molar-refractivity contribution in [2.75, 3.05) is 12.4 Å². The molecule has 49 heavy (non-hydrogen) atoms. The number of benzene rings is 1. The van der Waals surface area contributed by atoms with Gasteiger partial charge in [-0.1, -0.05) is 6.92 Å². The average Bonchev–Trinajstić information content (AvgIpc) is 3.58. The number of esters is 1. The Bertz CT molecular complexity index is 1550. The van der Waals surface area contributed by atoms with Crippen LogP contribution in [0.15, 0.2) is 24.3 Å². The van der Waals surface area contributed by atoms with Gasteiger partial charge in [0.1, 0.15) is 22.9 Å². The molecule has 1 aromatic carbocycles. The summed E-state index contributed by atoms with van der Waals surface area (Å²) in [5, 5.41) is 28.5. The molecule has 6 N–H and O–H groups in total. The molecule has 1 unspecified atom stereocenters. The number of ether oxygens (including phenoxy) is 2. The van der Waals surface area contributed by atoms with Crippen LogP contribution in [0.1, 0.15) is 84.4 Å². The van der Waals surface area contributed by atoms with Crippen molar-refractivity contribution < 1.29 is 65.2 Å². The number of hydrogen-bond donors (Lipinski definition) is 6. The molecule has 20 heteroatoms. The number of H-pyrrole nitrogens is 2. The van der Waals surface area contributed by atoms with E-state index in [-0.39, 0.29) is 11.6 Å². The number of amides is 1. The predicted molar refractivity (Wildman–Crippen MR) is 160 cm³/mol. The highest BCUT2D eigenvalue weighted by molar-refractivity contribution is 6.01. The number of hydrogen-bond acceptors (Lipinski definition) is 9. The van der Waals surface area contributed by atoms with E-state index in [1.165, 1.54) is 0 Å². The summed E-state index contributed by atoms with van der Waals surface area (Å²) in [5.74, 6) is -4.38. The van der Waals surface area contributed by atoms with E-state index >= 15 is 0 Å². The molecule has 0 saturated carbocycles. The molecule has 0 radical (unpaired) electrons. The molecule has 0 saturated heterocycles. The Kier molecular flexibility index (Phi) is 14.6. The van der Waals surface area contributed by atoms with Crippen LogP contribution in [-0.2, 0) is 27.3 Å². The van der Waals surface area contributed by atoms with E-state index in [1.54, 1.807) is 34.8 Å². The van der Waals surface area contributed by atoms with E-state index in [1.807, 2.05) is 38.1 Å². The third-order valence-corrected chi connectivity index (χ3v) is 5.78. The molecule has 2 heterocycles. The number of alkyl halides is 6. The number of nitrogens with zero attached hydrogens (tertiary/aromatic N) is 2. The zero-order valence-corrected chi connectivity index (χ0v) is 27.3. The van der Waals surface area contributed by atoms with Crippen molar-refractivity contribution in [3.05, 3.63) is 58.4 Å². The molecule has 0 fully saturated rings. The smallest absolute Gasteiger partial charge is 0.490 e. The Morgan fingerprint density at radius 2 is 1.43 bits per heavy atom. The number of halogens is 6. The number of rotatable bonds is 9. The molecule has 3 aromatic rings. The number of nitrogens with one attached hydrogen (secondary N) is 4. The SMILES string of the molecule is CCc1c(C(=O)OC(C)(C)C)[nH]c(CNc2ccc(OC)cc2)c1C(=O)NC(C)c1nnc(C)[nH]1.O=C(O)C(F)(F)F.O=C(O)C(F)(F)F. The fourth-order valence-corrected chi connectivity index (χ4v) is 3.66. The normalized spacial score (nSPS) is 11.9. The van der Waals surface area contributed by atoms with Gasteiger partial charge in [-0.05, 0) is 70.9 Å². The largest absolute Gasteiger partial charge is 0.497 e. The Balaban J connectivity index is 0.000000717. The van der Waals surface area contributed by atoms with Crippen molar-refractivity contribution in [2.45, 2.75) is 78.5 Å². The lowest BCUT2D eigenvalue weighted by Crippen LogP contribution is -2.29. The molecule has 0 aliphatic carbocycles. The van der Waals surface area contributed by atoms with Crippen LogP contribution < -0.4 is 15.4 Å². The number of carboxylic acids is 2. The number of aryl methyl sites for hydroxylation is 1. The number of carboxylic acid groups (broad SMARTS) is 2. The van der Waals surface area contributed by atoms with Gasteiger partial charge in [0.05, 0.1) is 25.3 Å². The van der Waals surface area contributed by atoms with E-state index in [4.69, 9.17) is 29.3 Å². The number of aromatic amines is 2. The van der Waals surface area contributed by atoms with Gasteiger partial charge in [0.2, 0.25) is 0 Å². The fourth-order valence-electron chi connectivity index (χ4n) is 3.66. The summed E-state index contributed by atoms with van der Waals surface area (Å²) in [4.78, 5) is 50.4. The maximum atomic E-state index is 13.5. The Morgan fingerprint density at radius 3 is 1.82 bits per heavy atom. The Morgan fingerprint density at radius 1 is 0.918 bits per heavy atom. The maximum absolute atomic E-state index is 13.5. The van der Waals surface area contributed by atoms with E-state index in [0.29, 0.717) is 41.4 Å². The number of carbonyl (C=O) groups is 4. The van der Waals surface area contributed by atoms with Crippen LogP contribution in [-0.4, -0.2) is 79.3 Å². The van der Waals surface area contributed by atoms with E-state index in [0.717, 1.165) is 11.4 Å². The zero-order chi connectivity index (χ0) is 37.9. The molecule has 2 aromatic heterocycles. The minimum absolute atomic E-state index is 0.280. The lowest BCUT2D eigenvalue weighted by Gasteiger charge is -2.19. The van der Waals surface area contributed by atoms with Gasteiger partial charge in [0.15, 0.2) is 5.82 Å². The standard InChI is InChI=1S/C25H34N6O4.2C2HF3O2/c1-8-18-20(23(32)27-14(2)22-28-15(3)30-31-22)19(29-21(18)24(33)35-25(4,5)6)13-26-16-9-11-17(34-7)12-10-16;2*3-2(4,5)1(6)7/h9-12,14,26,29H,8,13H2,1-7H3,(H,27,32)(H,28,30,31);2*(H,6,7).